The molecule has 2 heterocycles. The summed E-state index contributed by atoms with van der Waals surface area (Å²) in [6.45, 7) is 9.91. The number of piperazine rings is 1. The Kier molecular flexibility index (Phi) is 5.89. The molecule has 0 spiro atoms. The molecule has 3 rings (SSSR count). The van der Waals surface area contributed by atoms with Gasteiger partial charge in [-0.05, 0) is 44.0 Å². The first-order chi connectivity index (χ1) is 12.4. The summed E-state index contributed by atoms with van der Waals surface area (Å²) >= 11 is 0. The molecule has 0 amide bonds. The fraction of sp³-hybridized carbons (Fsp3) is 0.476. The van der Waals surface area contributed by atoms with Crippen molar-refractivity contribution >= 4 is 5.78 Å². The van der Waals surface area contributed by atoms with Gasteiger partial charge in [-0.2, -0.15) is 0 Å². The molecule has 140 valence electrons. The molecule has 0 radical (unpaired) electrons. The van der Waals surface area contributed by atoms with Gasteiger partial charge >= 0.3 is 0 Å². The number of aromatic nitrogens is 1. The number of carbonyl (C=O) groups is 1. The summed E-state index contributed by atoms with van der Waals surface area (Å²) in [7, 11) is 2.22. The summed E-state index contributed by atoms with van der Waals surface area (Å²) in [4.78, 5) is 15.8. The van der Waals surface area contributed by atoms with Crippen LogP contribution in [0.25, 0.3) is 0 Å². The maximum absolute atomic E-state index is 13.0. The number of hydrogen-bond donors (Lipinski definition) is 2. The molecule has 0 unspecified atom stereocenters. The number of nitrogens with one attached hydrogen (secondary N) is 2. The van der Waals surface area contributed by atoms with Crippen molar-refractivity contribution in [2.45, 2.75) is 26.8 Å². The molecule has 2 aromatic rings. The third-order valence-electron chi connectivity index (χ3n) is 5.63. The zero-order valence-electron chi connectivity index (χ0n) is 16.1. The van der Waals surface area contributed by atoms with E-state index in [2.05, 4.69) is 18.5 Å². The number of rotatable bonds is 6. The second-order valence-corrected chi connectivity index (χ2v) is 7.62. The van der Waals surface area contributed by atoms with Crippen molar-refractivity contribution in [3.63, 3.8) is 0 Å². The minimum Gasteiger partial charge on any atom is -0.348 e. The molecular weight excluding hydrogens is 329 g/mol. The van der Waals surface area contributed by atoms with E-state index in [1.165, 1.54) is 17.0 Å². The first-order valence-electron chi connectivity index (χ1n) is 9.53. The molecule has 1 aliphatic rings. The topological polar surface area (TPSA) is 30.9 Å². The summed E-state index contributed by atoms with van der Waals surface area (Å²) < 4.78 is 15.2. The monoisotopic (exact) mass is 359 g/mol. The minimum absolute atomic E-state index is 0.206. The molecular formula is C21H30FN3O+2. The van der Waals surface area contributed by atoms with Crippen LogP contribution in [-0.4, -0.2) is 50.1 Å². The fourth-order valence-corrected chi connectivity index (χ4v) is 3.85. The third-order valence-corrected chi connectivity index (χ3v) is 5.63. The molecule has 0 saturated carbocycles. The molecule has 1 aliphatic heterocycles. The molecule has 1 aromatic carbocycles. The molecule has 1 fully saturated rings. The second-order valence-electron chi connectivity index (χ2n) is 7.62. The lowest BCUT2D eigenvalue weighted by molar-refractivity contribution is -0.999. The van der Waals surface area contributed by atoms with Gasteiger partial charge in [-0.3, -0.25) is 4.79 Å². The van der Waals surface area contributed by atoms with Gasteiger partial charge in [0.25, 0.3) is 0 Å². The lowest BCUT2D eigenvalue weighted by atomic mass is 10.1. The SMILES string of the molecule is Cc1cc(C(=O)C[NH+]2CC[NH+](C)CC2)c(C)n1CCc1ccc(F)cc1. The van der Waals surface area contributed by atoms with E-state index in [0.717, 1.165) is 61.7 Å². The van der Waals surface area contributed by atoms with Crippen molar-refractivity contribution in [1.82, 2.24) is 4.57 Å². The predicted octanol–water partition coefficient (Wildman–Crippen LogP) is 0.0826. The number of ketones is 1. The van der Waals surface area contributed by atoms with Gasteiger partial charge in [-0.25, -0.2) is 4.39 Å². The number of aryl methyl sites for hydroxylation is 2. The minimum atomic E-state index is -0.206. The van der Waals surface area contributed by atoms with Gasteiger partial charge in [0, 0.05) is 23.5 Å². The van der Waals surface area contributed by atoms with E-state index < -0.39 is 0 Å². The maximum atomic E-state index is 13.0. The first kappa shape index (κ1) is 18.8. The Balaban J connectivity index is 1.65. The van der Waals surface area contributed by atoms with Gasteiger partial charge in [-0.15, -0.1) is 0 Å². The van der Waals surface area contributed by atoms with Gasteiger partial charge in [0.05, 0.1) is 7.05 Å². The first-order valence-corrected chi connectivity index (χ1v) is 9.53. The van der Waals surface area contributed by atoms with E-state index in [1.807, 2.05) is 25.1 Å². The summed E-state index contributed by atoms with van der Waals surface area (Å²) in [6, 6.07) is 8.69. The lowest BCUT2D eigenvalue weighted by Crippen LogP contribution is -3.27. The van der Waals surface area contributed by atoms with Crippen LogP contribution in [0.2, 0.25) is 0 Å². The molecule has 2 N–H and O–H groups in total. The van der Waals surface area contributed by atoms with Crippen LogP contribution in [0, 0.1) is 19.7 Å². The van der Waals surface area contributed by atoms with Crippen LogP contribution in [-0.2, 0) is 13.0 Å². The van der Waals surface area contributed by atoms with Crippen LogP contribution >= 0.6 is 0 Å². The number of hydrogen-bond acceptors (Lipinski definition) is 1. The summed E-state index contributed by atoms with van der Waals surface area (Å²) in [5, 5.41) is 0. The molecule has 0 bridgehead atoms. The Morgan fingerprint density at radius 2 is 1.77 bits per heavy atom. The number of benzene rings is 1. The molecule has 5 heteroatoms. The van der Waals surface area contributed by atoms with Crippen molar-refractivity contribution in [3.8, 4) is 0 Å². The number of halogens is 1. The van der Waals surface area contributed by atoms with Crippen molar-refractivity contribution in [2.24, 2.45) is 0 Å². The van der Waals surface area contributed by atoms with Crippen molar-refractivity contribution in [2.75, 3.05) is 39.8 Å². The highest BCUT2D eigenvalue weighted by Crippen LogP contribution is 2.16. The van der Waals surface area contributed by atoms with Crippen LogP contribution < -0.4 is 9.80 Å². The van der Waals surface area contributed by atoms with Crippen molar-refractivity contribution < 1.29 is 19.0 Å². The van der Waals surface area contributed by atoms with E-state index in [1.54, 1.807) is 4.90 Å². The fourth-order valence-electron chi connectivity index (χ4n) is 3.85. The summed E-state index contributed by atoms with van der Waals surface area (Å²) in [5.74, 6) is 0.0450. The van der Waals surface area contributed by atoms with Crippen LogP contribution in [0.1, 0.15) is 27.3 Å². The number of carbonyl (C=O) groups excluding carboxylic acids is 1. The van der Waals surface area contributed by atoms with Gasteiger partial charge in [0.1, 0.15) is 38.5 Å². The van der Waals surface area contributed by atoms with E-state index in [-0.39, 0.29) is 11.6 Å². The van der Waals surface area contributed by atoms with E-state index in [4.69, 9.17) is 0 Å². The van der Waals surface area contributed by atoms with Gasteiger partial charge in [-0.1, -0.05) is 12.1 Å². The molecule has 0 aliphatic carbocycles. The molecule has 1 saturated heterocycles. The highest BCUT2D eigenvalue weighted by Gasteiger charge is 2.25. The number of likely N-dealkylation sites (N-methyl/N-ethyl adjacent to an activating group) is 1. The van der Waals surface area contributed by atoms with Crippen LogP contribution in [0.15, 0.2) is 30.3 Å². The van der Waals surface area contributed by atoms with E-state index in [0.29, 0.717) is 6.54 Å². The zero-order chi connectivity index (χ0) is 18.7. The number of quaternary nitrogens is 2. The molecule has 0 atom stereocenters. The molecule has 26 heavy (non-hydrogen) atoms. The average Bonchev–Trinajstić information content (AvgIpc) is 2.91. The summed E-state index contributed by atoms with van der Waals surface area (Å²) in [5.41, 5.74) is 4.14. The Hall–Kier alpha value is -1.98. The highest BCUT2D eigenvalue weighted by molar-refractivity contribution is 5.98. The van der Waals surface area contributed by atoms with Crippen molar-refractivity contribution in [3.05, 3.63) is 58.7 Å². The normalized spacial score (nSPS) is 20.3. The summed E-state index contributed by atoms with van der Waals surface area (Å²) in [6.07, 6.45) is 0.830. The predicted molar refractivity (Wildman–Crippen MR) is 101 cm³/mol. The Bertz CT molecular complexity index is 758. The maximum Gasteiger partial charge on any atom is 0.218 e. The van der Waals surface area contributed by atoms with Crippen LogP contribution in [0.5, 0.6) is 0 Å². The van der Waals surface area contributed by atoms with E-state index >= 15 is 0 Å². The largest absolute Gasteiger partial charge is 0.348 e. The van der Waals surface area contributed by atoms with Gasteiger partial charge in [0.2, 0.25) is 5.78 Å². The smallest absolute Gasteiger partial charge is 0.218 e. The van der Waals surface area contributed by atoms with Crippen molar-refractivity contribution in [1.29, 1.82) is 0 Å². The highest BCUT2D eigenvalue weighted by atomic mass is 19.1. The van der Waals surface area contributed by atoms with Crippen LogP contribution in [0.4, 0.5) is 4.39 Å². The van der Waals surface area contributed by atoms with Crippen LogP contribution in [0.3, 0.4) is 0 Å². The third kappa shape index (κ3) is 4.40. The zero-order valence-corrected chi connectivity index (χ0v) is 16.1. The van der Waals surface area contributed by atoms with Gasteiger partial charge < -0.3 is 14.4 Å². The Labute approximate surface area is 155 Å². The lowest BCUT2D eigenvalue weighted by Gasteiger charge is -2.26. The number of Topliss-reactive ketones (excluding diaryl/α,β-unsaturated/α-hetero) is 1. The number of nitrogens with zero attached hydrogens (tertiary/aromatic N) is 1. The Morgan fingerprint density at radius 3 is 2.42 bits per heavy atom. The van der Waals surface area contributed by atoms with Gasteiger partial charge in [0.15, 0.2) is 0 Å². The Morgan fingerprint density at radius 1 is 1.12 bits per heavy atom. The molecule has 1 aromatic heterocycles. The van der Waals surface area contributed by atoms with E-state index in [9.17, 15) is 9.18 Å². The average molecular weight is 359 g/mol. The quantitative estimate of drug-likeness (QED) is 0.704. The second kappa shape index (κ2) is 8.14. The molecule has 4 nitrogen and oxygen atoms in total. The standard InChI is InChI=1S/C21H28FN3O/c1-16-14-20(21(26)15-24-12-10-23(3)11-13-24)17(2)25(16)9-8-18-4-6-19(22)7-5-18/h4-7,14H,8-13,15H2,1-3H3/p+2.